The molecule has 2 atom stereocenters. The highest BCUT2D eigenvalue weighted by molar-refractivity contribution is 5.89. The molecule has 1 saturated heterocycles. The van der Waals surface area contributed by atoms with Gasteiger partial charge in [0.1, 0.15) is 17.9 Å². The summed E-state index contributed by atoms with van der Waals surface area (Å²) in [6.07, 6.45) is 6.69. The van der Waals surface area contributed by atoms with Gasteiger partial charge in [-0.2, -0.15) is 0 Å². The van der Waals surface area contributed by atoms with Gasteiger partial charge in [0.05, 0.1) is 18.1 Å². The number of piperidine rings is 1. The van der Waals surface area contributed by atoms with Gasteiger partial charge in [0.2, 0.25) is 11.8 Å². The smallest absolute Gasteiger partial charge is 0.335 e. The molecule has 2 aromatic carbocycles. The number of nitrogens with zero attached hydrogens (tertiary/aromatic N) is 1. The Labute approximate surface area is 255 Å². The van der Waals surface area contributed by atoms with Crippen molar-refractivity contribution in [1.29, 1.82) is 0 Å². The maximum absolute atomic E-state index is 13.8. The van der Waals surface area contributed by atoms with Crippen molar-refractivity contribution in [3.05, 3.63) is 65.7 Å². The molecular weight excluding hydrogens is 546 g/mol. The summed E-state index contributed by atoms with van der Waals surface area (Å²) in [4.78, 5) is 46.2. The topological polar surface area (TPSA) is 117 Å². The minimum absolute atomic E-state index is 0.0693. The van der Waals surface area contributed by atoms with Crippen LogP contribution in [-0.2, 0) is 21.0 Å². The monoisotopic (exact) mass is 593 g/mol. The zero-order valence-corrected chi connectivity index (χ0v) is 25.7. The first-order chi connectivity index (χ1) is 20.6. The summed E-state index contributed by atoms with van der Waals surface area (Å²) < 4.78 is 6.06. The number of carbonyl (C=O) groups is 3. The van der Waals surface area contributed by atoms with Gasteiger partial charge in [-0.1, -0.05) is 76.8 Å². The van der Waals surface area contributed by atoms with Crippen molar-refractivity contribution < 1.29 is 29.1 Å². The number of carbonyl (C=O) groups excluding carboxylic acids is 2. The van der Waals surface area contributed by atoms with E-state index >= 15 is 0 Å². The summed E-state index contributed by atoms with van der Waals surface area (Å²) in [6, 6.07) is 15.6. The Hall–Kier alpha value is -3.43. The van der Waals surface area contributed by atoms with Crippen molar-refractivity contribution in [3.63, 3.8) is 0 Å². The van der Waals surface area contributed by atoms with Crippen molar-refractivity contribution in [2.24, 2.45) is 17.3 Å². The molecule has 2 fully saturated rings. The van der Waals surface area contributed by atoms with Crippen LogP contribution in [0.25, 0.3) is 0 Å². The molecule has 2 amide bonds. The molecule has 43 heavy (non-hydrogen) atoms. The van der Waals surface area contributed by atoms with Gasteiger partial charge in [-0.25, -0.2) is 10.3 Å². The number of carboxylic acid groups (broad SMARTS) is 1. The second-order valence-electron chi connectivity index (χ2n) is 13.0. The predicted molar refractivity (Wildman–Crippen MR) is 164 cm³/mol. The van der Waals surface area contributed by atoms with Gasteiger partial charge in [0.25, 0.3) is 0 Å². The van der Waals surface area contributed by atoms with Gasteiger partial charge >= 0.3 is 5.97 Å². The maximum Gasteiger partial charge on any atom is 0.335 e. The Morgan fingerprint density at radius 2 is 1.60 bits per heavy atom. The van der Waals surface area contributed by atoms with Crippen LogP contribution in [0.5, 0.6) is 5.75 Å². The third kappa shape index (κ3) is 9.79. The number of rotatable bonds is 13. The minimum atomic E-state index is -0.976. The van der Waals surface area contributed by atoms with Gasteiger partial charge < -0.3 is 20.1 Å². The van der Waals surface area contributed by atoms with Crippen LogP contribution in [-0.4, -0.2) is 59.6 Å². The molecule has 0 bridgehead atoms. The van der Waals surface area contributed by atoms with Crippen molar-refractivity contribution in [2.45, 2.75) is 84.5 Å². The van der Waals surface area contributed by atoms with Crippen molar-refractivity contribution >= 4 is 17.8 Å². The number of amides is 2. The van der Waals surface area contributed by atoms with Gasteiger partial charge in [-0.3, -0.25) is 14.4 Å². The van der Waals surface area contributed by atoms with Gasteiger partial charge in [-0.05, 0) is 47.6 Å². The highest BCUT2D eigenvalue weighted by Gasteiger charge is 2.38. The Morgan fingerprint density at radius 3 is 2.21 bits per heavy atom. The summed E-state index contributed by atoms with van der Waals surface area (Å²) in [6.45, 7) is 7.81. The molecule has 0 radical (unpaired) electrons. The Balaban J connectivity index is 1.32. The number of nitrogens with one attached hydrogen (secondary N) is 2. The lowest BCUT2D eigenvalue weighted by Crippen LogP contribution is -2.58. The fourth-order valence-corrected chi connectivity index (χ4v) is 5.95. The Morgan fingerprint density at radius 1 is 0.953 bits per heavy atom. The molecule has 1 saturated carbocycles. The minimum Gasteiger partial charge on any atom is -0.490 e. The lowest BCUT2D eigenvalue weighted by molar-refractivity contribution is -0.142. The van der Waals surface area contributed by atoms with Gasteiger partial charge in [-0.15, -0.1) is 0 Å². The predicted octanol–water partition coefficient (Wildman–Crippen LogP) is 5.20. The zero-order valence-electron chi connectivity index (χ0n) is 25.7. The van der Waals surface area contributed by atoms with Crippen LogP contribution < -0.4 is 15.5 Å². The van der Waals surface area contributed by atoms with Crippen molar-refractivity contribution in [1.82, 2.24) is 15.7 Å². The molecule has 9 heteroatoms. The molecule has 2 aliphatic rings. The third-order valence-electron chi connectivity index (χ3n) is 8.53. The molecule has 3 N–H and O–H groups in total. The molecule has 1 aliphatic heterocycles. The van der Waals surface area contributed by atoms with E-state index in [-0.39, 0.29) is 29.4 Å². The van der Waals surface area contributed by atoms with Gasteiger partial charge in [0.15, 0.2) is 0 Å². The standard InChI is InChI=1S/C34H47N3O6/c1-34(2,3)30(32(39)37-19-17-29(18-20-37)43-28-15-13-26(14-16-28)33(40)41)36-31(38)27(21-24-9-7-8-10-24)22-35-42-23-25-11-5-4-6-12-25/h4-6,11-16,24,27,29-30,35H,7-10,17-23H2,1-3H3,(H,36,38)(H,40,41)/t27-,30-/m1/s1. The summed E-state index contributed by atoms with van der Waals surface area (Å²) >= 11 is 0. The quantitative estimate of drug-likeness (QED) is 0.216. The van der Waals surface area contributed by atoms with E-state index in [1.54, 1.807) is 12.1 Å². The van der Waals surface area contributed by atoms with E-state index in [0.29, 0.717) is 50.8 Å². The fraction of sp³-hybridized carbons (Fsp3) is 0.559. The van der Waals surface area contributed by atoms with Crippen LogP contribution in [0.1, 0.15) is 81.6 Å². The van der Waals surface area contributed by atoms with E-state index in [2.05, 4.69) is 10.8 Å². The molecular formula is C34H47N3O6. The second-order valence-corrected chi connectivity index (χ2v) is 13.0. The number of hydroxylamine groups is 1. The number of aromatic carboxylic acids is 1. The van der Waals surface area contributed by atoms with E-state index in [9.17, 15) is 14.4 Å². The SMILES string of the molecule is CC(C)(C)[C@H](NC(=O)[C@@H](CNOCc1ccccc1)CC1CCCC1)C(=O)N1CCC(Oc2ccc(C(=O)O)cc2)CC1. The van der Waals surface area contributed by atoms with E-state index in [0.717, 1.165) is 24.8 Å². The van der Waals surface area contributed by atoms with E-state index in [1.807, 2.05) is 56.0 Å². The fourth-order valence-electron chi connectivity index (χ4n) is 5.95. The van der Waals surface area contributed by atoms with Gasteiger partial charge in [0, 0.05) is 32.5 Å². The maximum atomic E-state index is 13.8. The summed E-state index contributed by atoms with van der Waals surface area (Å²) in [5, 5.41) is 12.3. The summed E-state index contributed by atoms with van der Waals surface area (Å²) in [7, 11) is 0. The largest absolute Gasteiger partial charge is 0.490 e. The van der Waals surface area contributed by atoms with Crippen LogP contribution in [0.15, 0.2) is 54.6 Å². The molecule has 0 spiro atoms. The molecule has 234 valence electrons. The Kier molecular flexibility index (Phi) is 11.6. The molecule has 1 aliphatic carbocycles. The summed E-state index contributed by atoms with van der Waals surface area (Å²) in [5.41, 5.74) is 3.82. The van der Waals surface area contributed by atoms with Crippen LogP contribution >= 0.6 is 0 Å². The number of carboxylic acids is 1. The van der Waals surface area contributed by atoms with E-state index < -0.39 is 17.4 Å². The summed E-state index contributed by atoms with van der Waals surface area (Å²) in [5.74, 6) is -0.337. The van der Waals surface area contributed by atoms with Crippen molar-refractivity contribution in [2.75, 3.05) is 19.6 Å². The Bertz CT molecular complexity index is 1180. The number of ether oxygens (including phenoxy) is 1. The zero-order chi connectivity index (χ0) is 30.8. The number of benzene rings is 2. The number of hydrogen-bond acceptors (Lipinski definition) is 6. The van der Waals surface area contributed by atoms with Crippen LogP contribution in [0, 0.1) is 17.3 Å². The molecule has 9 nitrogen and oxygen atoms in total. The first-order valence-electron chi connectivity index (χ1n) is 15.6. The van der Waals surface area contributed by atoms with Crippen molar-refractivity contribution in [3.8, 4) is 5.75 Å². The number of likely N-dealkylation sites (tertiary alicyclic amines) is 1. The molecule has 0 aromatic heterocycles. The average molecular weight is 594 g/mol. The highest BCUT2D eigenvalue weighted by Crippen LogP contribution is 2.31. The molecule has 4 rings (SSSR count). The molecule has 0 unspecified atom stereocenters. The first-order valence-corrected chi connectivity index (χ1v) is 15.6. The third-order valence-corrected chi connectivity index (χ3v) is 8.53. The van der Waals surface area contributed by atoms with Crippen LogP contribution in [0.4, 0.5) is 0 Å². The van der Waals surface area contributed by atoms with E-state index in [1.165, 1.54) is 25.0 Å². The molecule has 2 aromatic rings. The van der Waals surface area contributed by atoms with E-state index in [4.69, 9.17) is 14.7 Å². The van der Waals surface area contributed by atoms with Crippen LogP contribution in [0.3, 0.4) is 0 Å². The van der Waals surface area contributed by atoms with Crippen LogP contribution in [0.2, 0.25) is 0 Å². The normalized spacial score (nSPS) is 17.8. The average Bonchev–Trinajstić information content (AvgIpc) is 3.51. The number of hydrogen-bond donors (Lipinski definition) is 3. The first kappa shape index (κ1) is 32.5. The molecule has 1 heterocycles. The highest BCUT2D eigenvalue weighted by atomic mass is 16.6. The second kappa shape index (κ2) is 15.3. The lowest BCUT2D eigenvalue weighted by atomic mass is 9.84. The lowest BCUT2D eigenvalue weighted by Gasteiger charge is -2.39.